The number of nitrogens with zero attached hydrogens (tertiary/aromatic N) is 3. The number of anilines is 1. The zero-order valence-electron chi connectivity index (χ0n) is 15.0. The molecule has 1 saturated heterocycles. The Morgan fingerprint density at radius 3 is 2.43 bits per heavy atom. The van der Waals surface area contributed by atoms with E-state index < -0.39 is 34.1 Å². The van der Waals surface area contributed by atoms with Crippen molar-refractivity contribution in [1.82, 2.24) is 0 Å². The van der Waals surface area contributed by atoms with Crippen molar-refractivity contribution in [3.63, 3.8) is 0 Å². The van der Waals surface area contributed by atoms with Gasteiger partial charge in [-0.2, -0.15) is 13.2 Å². The first-order chi connectivity index (χ1) is 14.1. The highest BCUT2D eigenvalue weighted by Crippen LogP contribution is 2.40. The molecule has 2 aliphatic heterocycles. The topological polar surface area (TPSA) is 102 Å². The van der Waals surface area contributed by atoms with Gasteiger partial charge in [0.05, 0.1) is 28.3 Å². The number of nitro groups is 1. The number of alkyl halides is 3. The highest BCUT2D eigenvalue weighted by atomic mass is 19.4. The highest BCUT2D eigenvalue weighted by Gasteiger charge is 2.58. The number of hydrogen-bond donors (Lipinski definition) is 0. The van der Waals surface area contributed by atoms with Crippen LogP contribution in [0.2, 0.25) is 0 Å². The second kappa shape index (κ2) is 6.65. The summed E-state index contributed by atoms with van der Waals surface area (Å²) in [4.78, 5) is 41.6. The molecule has 2 amide bonds. The van der Waals surface area contributed by atoms with Crippen LogP contribution in [-0.4, -0.2) is 28.1 Å². The van der Waals surface area contributed by atoms with E-state index >= 15 is 0 Å². The second-order valence-electron chi connectivity index (χ2n) is 6.86. The minimum atomic E-state index is -4.63. The van der Waals surface area contributed by atoms with Gasteiger partial charge in [-0.3, -0.25) is 19.7 Å². The molecular formula is C19H12F3N3O5. The minimum absolute atomic E-state index is 0.0924. The van der Waals surface area contributed by atoms with E-state index in [0.717, 1.165) is 18.2 Å². The summed E-state index contributed by atoms with van der Waals surface area (Å²) in [6.07, 6.45) is -5.11. The third-order valence-corrected chi connectivity index (χ3v) is 4.91. The van der Waals surface area contributed by atoms with E-state index in [-0.39, 0.29) is 24.2 Å². The molecule has 2 aromatic rings. The molecule has 1 fully saturated rings. The van der Waals surface area contributed by atoms with Gasteiger partial charge in [0.1, 0.15) is 0 Å². The molecule has 30 heavy (non-hydrogen) atoms. The van der Waals surface area contributed by atoms with E-state index in [9.17, 15) is 32.9 Å². The van der Waals surface area contributed by atoms with Gasteiger partial charge < -0.3 is 4.84 Å². The number of carbonyl (C=O) groups is 2. The molecule has 11 heteroatoms. The fourth-order valence-corrected chi connectivity index (χ4v) is 3.42. The van der Waals surface area contributed by atoms with Crippen molar-refractivity contribution in [1.29, 1.82) is 0 Å². The van der Waals surface area contributed by atoms with Crippen LogP contribution < -0.4 is 4.90 Å². The van der Waals surface area contributed by atoms with Gasteiger partial charge in [0.2, 0.25) is 11.5 Å². The second-order valence-corrected chi connectivity index (χ2v) is 6.86. The average Bonchev–Trinajstić information content (AvgIpc) is 3.22. The van der Waals surface area contributed by atoms with Crippen LogP contribution in [0.1, 0.15) is 24.0 Å². The lowest BCUT2D eigenvalue weighted by Crippen LogP contribution is -2.40. The Morgan fingerprint density at radius 1 is 1.10 bits per heavy atom. The molecule has 0 aliphatic carbocycles. The summed E-state index contributed by atoms with van der Waals surface area (Å²) < 4.78 is 39.0. The molecule has 0 radical (unpaired) electrons. The van der Waals surface area contributed by atoms with Crippen molar-refractivity contribution in [3.05, 3.63) is 69.8 Å². The molecule has 1 atom stereocenters. The molecule has 0 saturated carbocycles. The summed E-state index contributed by atoms with van der Waals surface area (Å²) in [5.41, 5.74) is -2.20. The number of imide groups is 1. The third kappa shape index (κ3) is 3.17. The maximum Gasteiger partial charge on any atom is 0.416 e. The Hall–Kier alpha value is -3.76. The summed E-state index contributed by atoms with van der Waals surface area (Å²) in [5, 5.41) is 14.6. The Labute approximate surface area is 166 Å². The molecule has 2 aromatic carbocycles. The Kier molecular flexibility index (Phi) is 4.33. The van der Waals surface area contributed by atoms with E-state index in [1.807, 2.05) is 0 Å². The largest absolute Gasteiger partial charge is 0.416 e. The molecule has 0 unspecified atom stereocenters. The number of non-ortho nitro benzene ring substituents is 1. The summed E-state index contributed by atoms with van der Waals surface area (Å²) in [5.74, 6) is -1.52. The number of oxime groups is 1. The fourth-order valence-electron chi connectivity index (χ4n) is 3.42. The first-order valence-corrected chi connectivity index (χ1v) is 8.65. The number of carbonyl (C=O) groups excluding carboxylic acids is 2. The lowest BCUT2D eigenvalue weighted by atomic mass is 9.92. The van der Waals surface area contributed by atoms with Crippen LogP contribution in [-0.2, 0) is 20.6 Å². The number of hydrogen-bond acceptors (Lipinski definition) is 6. The number of nitro benzene ring substituents is 1. The number of rotatable bonds is 3. The summed E-state index contributed by atoms with van der Waals surface area (Å²) >= 11 is 0. The monoisotopic (exact) mass is 419 g/mol. The first kappa shape index (κ1) is 19.6. The van der Waals surface area contributed by atoms with Crippen molar-refractivity contribution in [2.75, 3.05) is 4.90 Å². The fraction of sp³-hybridized carbons (Fsp3) is 0.211. The Balaban J connectivity index is 1.59. The van der Waals surface area contributed by atoms with Crippen molar-refractivity contribution in [2.24, 2.45) is 5.16 Å². The Bertz CT molecular complexity index is 1100. The predicted molar refractivity (Wildman–Crippen MR) is 96.6 cm³/mol. The SMILES string of the molecule is O=C1C[C@@]2(CC(c3ccc([N+](=O)[O-])cc3)=NO2)C(=O)N1c1cccc(C(F)(F)F)c1. The van der Waals surface area contributed by atoms with Crippen molar-refractivity contribution < 1.29 is 32.5 Å². The van der Waals surface area contributed by atoms with E-state index in [1.54, 1.807) is 0 Å². The van der Waals surface area contributed by atoms with Gasteiger partial charge in [-0.25, -0.2) is 4.90 Å². The van der Waals surface area contributed by atoms with Gasteiger partial charge in [0, 0.05) is 18.6 Å². The molecule has 1 spiro atoms. The zero-order valence-corrected chi connectivity index (χ0v) is 15.0. The summed E-state index contributed by atoms with van der Waals surface area (Å²) in [6.45, 7) is 0. The van der Waals surface area contributed by atoms with Crippen LogP contribution in [0.25, 0.3) is 0 Å². The number of benzene rings is 2. The van der Waals surface area contributed by atoms with Gasteiger partial charge in [-0.1, -0.05) is 11.2 Å². The van der Waals surface area contributed by atoms with Crippen LogP contribution in [0.3, 0.4) is 0 Å². The van der Waals surface area contributed by atoms with E-state index in [0.29, 0.717) is 16.2 Å². The maximum absolute atomic E-state index is 13.0. The predicted octanol–water partition coefficient (Wildman–Crippen LogP) is 3.44. The highest BCUT2D eigenvalue weighted by molar-refractivity contribution is 6.25. The average molecular weight is 419 g/mol. The van der Waals surface area contributed by atoms with Crippen LogP contribution >= 0.6 is 0 Å². The molecule has 154 valence electrons. The molecule has 4 rings (SSSR count). The number of halogens is 3. The summed E-state index contributed by atoms with van der Waals surface area (Å²) in [6, 6.07) is 9.30. The molecule has 0 N–H and O–H groups in total. The van der Waals surface area contributed by atoms with E-state index in [1.165, 1.54) is 30.3 Å². The van der Waals surface area contributed by atoms with Crippen molar-refractivity contribution >= 4 is 28.9 Å². The third-order valence-electron chi connectivity index (χ3n) is 4.91. The minimum Gasteiger partial charge on any atom is -0.378 e. The zero-order chi connectivity index (χ0) is 21.7. The molecule has 0 bridgehead atoms. The Morgan fingerprint density at radius 2 is 1.80 bits per heavy atom. The standard InChI is InChI=1S/C19H12F3N3O5/c20-19(21,22)12-2-1-3-14(8-12)24-16(26)10-18(17(24)27)9-15(23-30-18)11-4-6-13(7-5-11)25(28)29/h1-8H,9-10H2/t18-/m0/s1. The molecule has 2 aliphatic rings. The van der Waals surface area contributed by atoms with Crippen molar-refractivity contribution in [3.8, 4) is 0 Å². The normalized spacial score (nSPS) is 21.2. The molecule has 2 heterocycles. The lowest BCUT2D eigenvalue weighted by molar-refractivity contribution is -0.384. The first-order valence-electron chi connectivity index (χ1n) is 8.65. The van der Waals surface area contributed by atoms with Crippen LogP contribution in [0, 0.1) is 10.1 Å². The van der Waals surface area contributed by atoms with Gasteiger partial charge in [-0.15, -0.1) is 0 Å². The van der Waals surface area contributed by atoms with Crippen molar-refractivity contribution in [2.45, 2.75) is 24.6 Å². The quantitative estimate of drug-likeness (QED) is 0.431. The van der Waals surface area contributed by atoms with Gasteiger partial charge in [-0.05, 0) is 35.9 Å². The lowest BCUT2D eigenvalue weighted by Gasteiger charge is -2.20. The molecule has 0 aromatic heterocycles. The van der Waals surface area contributed by atoms with E-state index in [4.69, 9.17) is 4.84 Å². The number of amides is 2. The van der Waals surface area contributed by atoms with Crippen LogP contribution in [0.15, 0.2) is 53.7 Å². The van der Waals surface area contributed by atoms with Gasteiger partial charge in [0.15, 0.2) is 0 Å². The van der Waals surface area contributed by atoms with Gasteiger partial charge in [0.25, 0.3) is 11.6 Å². The van der Waals surface area contributed by atoms with E-state index in [2.05, 4.69) is 5.16 Å². The van der Waals surface area contributed by atoms with Crippen LogP contribution in [0.5, 0.6) is 0 Å². The summed E-state index contributed by atoms with van der Waals surface area (Å²) in [7, 11) is 0. The molecular weight excluding hydrogens is 407 g/mol. The molecule has 8 nitrogen and oxygen atoms in total. The smallest absolute Gasteiger partial charge is 0.378 e. The maximum atomic E-state index is 13.0. The van der Waals surface area contributed by atoms with Crippen LogP contribution in [0.4, 0.5) is 24.5 Å². The van der Waals surface area contributed by atoms with Gasteiger partial charge >= 0.3 is 6.18 Å².